The van der Waals surface area contributed by atoms with Crippen LogP contribution in [0, 0.1) is 5.92 Å². The number of benzene rings is 3. The summed E-state index contributed by atoms with van der Waals surface area (Å²) in [4.78, 5) is 26.1. The molecule has 6 heteroatoms. The van der Waals surface area contributed by atoms with Crippen molar-refractivity contribution in [3.63, 3.8) is 0 Å². The average Bonchev–Trinajstić information content (AvgIpc) is 2.86. The van der Waals surface area contributed by atoms with Crippen LogP contribution in [0.3, 0.4) is 0 Å². The monoisotopic (exact) mass is 458 g/mol. The van der Waals surface area contributed by atoms with Crippen LogP contribution in [0.15, 0.2) is 78.9 Å². The van der Waals surface area contributed by atoms with Gasteiger partial charge in [-0.2, -0.15) is 0 Å². The molecule has 0 heterocycles. The Bertz CT molecular complexity index is 1140. The molecule has 0 aliphatic heterocycles. The van der Waals surface area contributed by atoms with Crippen LogP contribution in [0.5, 0.6) is 23.0 Å². The van der Waals surface area contributed by atoms with Gasteiger partial charge in [-0.3, -0.25) is 9.59 Å². The lowest BCUT2D eigenvalue weighted by atomic mass is 9.90. The Morgan fingerprint density at radius 2 is 1.24 bits per heavy atom. The third kappa shape index (κ3) is 6.36. The number of rotatable bonds is 10. The molecule has 0 fully saturated rings. The zero-order valence-corrected chi connectivity index (χ0v) is 19.0. The number of aromatic hydroxyl groups is 2. The molecule has 174 valence electrons. The molecule has 3 aromatic rings. The second-order valence-electron chi connectivity index (χ2n) is 7.58. The van der Waals surface area contributed by atoms with Gasteiger partial charge in [-0.15, -0.1) is 0 Å². The maximum atomic E-state index is 13.1. The molecule has 0 atom stereocenters. The second-order valence-corrected chi connectivity index (χ2v) is 7.58. The Morgan fingerprint density at radius 3 is 1.68 bits per heavy atom. The predicted octanol–water partition coefficient (Wildman–Crippen LogP) is 4.84. The fourth-order valence-corrected chi connectivity index (χ4v) is 3.38. The Kier molecular flexibility index (Phi) is 8.24. The highest BCUT2D eigenvalue weighted by molar-refractivity contribution is 6.13. The first kappa shape index (κ1) is 24.3. The molecule has 6 nitrogen and oxygen atoms in total. The quantitative estimate of drug-likeness (QED) is 0.334. The van der Waals surface area contributed by atoms with Crippen LogP contribution in [0.2, 0.25) is 0 Å². The largest absolute Gasteiger partial charge is 0.504 e. The van der Waals surface area contributed by atoms with E-state index in [1.807, 2.05) is 30.3 Å². The molecule has 0 spiro atoms. The van der Waals surface area contributed by atoms with Crippen LogP contribution in [0.25, 0.3) is 12.2 Å². The van der Waals surface area contributed by atoms with Gasteiger partial charge in [0.25, 0.3) is 0 Å². The van der Waals surface area contributed by atoms with Gasteiger partial charge in [0, 0.05) is 0 Å². The number of allylic oxidation sites excluding steroid dienone is 2. The van der Waals surface area contributed by atoms with E-state index in [-0.39, 0.29) is 29.5 Å². The maximum absolute atomic E-state index is 13.1. The van der Waals surface area contributed by atoms with E-state index >= 15 is 0 Å². The fraction of sp³-hybridized carbons (Fsp3) is 0.143. The Balaban J connectivity index is 1.84. The molecule has 0 aromatic heterocycles. The molecular weight excluding hydrogens is 432 g/mol. The molecular formula is C28H26O6. The van der Waals surface area contributed by atoms with Gasteiger partial charge in [0.1, 0.15) is 0 Å². The lowest BCUT2D eigenvalue weighted by Crippen LogP contribution is -2.23. The molecule has 0 amide bonds. The van der Waals surface area contributed by atoms with Gasteiger partial charge in [-0.1, -0.05) is 54.6 Å². The number of carbonyl (C=O) groups excluding carboxylic acids is 2. The standard InChI is InChI=1S/C28H26O6/c1-33-27-17-20(10-14-25(27)31)8-12-23(29)22(16-19-6-4-3-5-7-19)24(30)13-9-21-11-15-26(32)28(18-21)34-2/h3-15,17-18,22,31-32H,16H2,1-2H3/b12-8+,13-9+. The van der Waals surface area contributed by atoms with Crippen LogP contribution in [-0.2, 0) is 16.0 Å². The summed E-state index contributed by atoms with van der Waals surface area (Å²) in [7, 11) is 2.89. The third-order valence-corrected chi connectivity index (χ3v) is 5.26. The van der Waals surface area contributed by atoms with Crippen molar-refractivity contribution in [1.82, 2.24) is 0 Å². The highest BCUT2D eigenvalue weighted by Crippen LogP contribution is 2.28. The van der Waals surface area contributed by atoms with Crippen molar-refractivity contribution in [2.24, 2.45) is 5.92 Å². The van der Waals surface area contributed by atoms with E-state index in [0.29, 0.717) is 22.6 Å². The number of ketones is 2. The maximum Gasteiger partial charge on any atom is 0.166 e. The highest BCUT2D eigenvalue weighted by atomic mass is 16.5. The van der Waals surface area contributed by atoms with Crippen molar-refractivity contribution >= 4 is 23.7 Å². The third-order valence-electron chi connectivity index (χ3n) is 5.26. The van der Waals surface area contributed by atoms with E-state index in [2.05, 4.69) is 0 Å². The van der Waals surface area contributed by atoms with Gasteiger partial charge >= 0.3 is 0 Å². The Labute approximate surface area is 198 Å². The van der Waals surface area contributed by atoms with Crippen molar-refractivity contribution in [2.75, 3.05) is 14.2 Å². The summed E-state index contributed by atoms with van der Waals surface area (Å²) in [5.41, 5.74) is 2.18. The van der Waals surface area contributed by atoms with E-state index in [1.54, 1.807) is 36.4 Å². The molecule has 0 radical (unpaired) electrons. The molecule has 2 N–H and O–H groups in total. The van der Waals surface area contributed by atoms with Gasteiger partial charge in [0.2, 0.25) is 0 Å². The summed E-state index contributed by atoms with van der Waals surface area (Å²) in [6.45, 7) is 0. The Morgan fingerprint density at radius 1 is 0.765 bits per heavy atom. The number of ether oxygens (including phenoxy) is 2. The van der Waals surface area contributed by atoms with Crippen LogP contribution < -0.4 is 9.47 Å². The van der Waals surface area contributed by atoms with E-state index in [0.717, 1.165) is 5.56 Å². The second kappa shape index (κ2) is 11.5. The molecule has 0 unspecified atom stereocenters. The van der Waals surface area contributed by atoms with Crippen LogP contribution in [0.4, 0.5) is 0 Å². The first-order chi connectivity index (χ1) is 16.4. The minimum atomic E-state index is -0.909. The molecule has 0 aliphatic rings. The first-order valence-electron chi connectivity index (χ1n) is 10.6. The average molecular weight is 459 g/mol. The van der Waals surface area contributed by atoms with Gasteiger partial charge in [0.05, 0.1) is 20.1 Å². The number of carbonyl (C=O) groups is 2. The summed E-state index contributed by atoms with van der Waals surface area (Å²) < 4.78 is 10.2. The summed E-state index contributed by atoms with van der Waals surface area (Å²) in [5, 5.41) is 19.5. The molecule has 0 bridgehead atoms. The lowest BCUT2D eigenvalue weighted by Gasteiger charge is -2.11. The zero-order chi connectivity index (χ0) is 24.5. The minimum absolute atomic E-state index is 0.000827. The number of phenols is 2. The fourth-order valence-electron chi connectivity index (χ4n) is 3.38. The predicted molar refractivity (Wildman–Crippen MR) is 131 cm³/mol. The van der Waals surface area contributed by atoms with E-state index in [9.17, 15) is 19.8 Å². The molecule has 0 aliphatic carbocycles. The first-order valence-corrected chi connectivity index (χ1v) is 10.6. The topological polar surface area (TPSA) is 93.1 Å². The minimum Gasteiger partial charge on any atom is -0.504 e. The van der Waals surface area contributed by atoms with Crippen molar-refractivity contribution in [3.05, 3.63) is 95.6 Å². The number of phenolic OH excluding ortho intramolecular Hbond substituents is 2. The highest BCUT2D eigenvalue weighted by Gasteiger charge is 2.23. The Hall–Kier alpha value is -4.32. The molecule has 0 saturated carbocycles. The smallest absolute Gasteiger partial charge is 0.166 e. The molecule has 34 heavy (non-hydrogen) atoms. The lowest BCUT2D eigenvalue weighted by molar-refractivity contribution is -0.127. The van der Waals surface area contributed by atoms with Crippen LogP contribution in [-0.4, -0.2) is 36.0 Å². The van der Waals surface area contributed by atoms with Gasteiger partial charge in [0.15, 0.2) is 34.6 Å². The SMILES string of the molecule is COc1cc(/C=C/C(=O)C(Cc2ccccc2)C(=O)/C=C/c2ccc(O)c(OC)c2)ccc1O. The number of hydrogen-bond donors (Lipinski definition) is 2. The summed E-state index contributed by atoms with van der Waals surface area (Å²) >= 11 is 0. The van der Waals surface area contributed by atoms with E-state index in [4.69, 9.17) is 9.47 Å². The van der Waals surface area contributed by atoms with Crippen molar-refractivity contribution in [3.8, 4) is 23.0 Å². The van der Waals surface area contributed by atoms with Gasteiger partial charge in [-0.05, 0) is 59.5 Å². The number of hydrogen-bond acceptors (Lipinski definition) is 6. The van der Waals surface area contributed by atoms with Crippen LogP contribution >= 0.6 is 0 Å². The van der Waals surface area contributed by atoms with E-state index in [1.165, 1.54) is 38.5 Å². The summed E-state index contributed by atoms with van der Waals surface area (Å²) in [6.07, 6.45) is 6.17. The van der Waals surface area contributed by atoms with Gasteiger partial charge < -0.3 is 19.7 Å². The molecule has 0 saturated heterocycles. The van der Waals surface area contributed by atoms with Crippen molar-refractivity contribution < 1.29 is 29.3 Å². The van der Waals surface area contributed by atoms with E-state index < -0.39 is 5.92 Å². The zero-order valence-electron chi connectivity index (χ0n) is 19.0. The van der Waals surface area contributed by atoms with Crippen molar-refractivity contribution in [2.45, 2.75) is 6.42 Å². The summed E-state index contributed by atoms with van der Waals surface area (Å²) in [6, 6.07) is 18.8. The van der Waals surface area contributed by atoms with Crippen molar-refractivity contribution in [1.29, 1.82) is 0 Å². The molecule has 3 rings (SSSR count). The number of methoxy groups -OCH3 is 2. The van der Waals surface area contributed by atoms with Gasteiger partial charge in [-0.25, -0.2) is 0 Å². The molecule has 3 aromatic carbocycles. The van der Waals surface area contributed by atoms with Crippen LogP contribution in [0.1, 0.15) is 16.7 Å². The normalized spacial score (nSPS) is 11.3. The summed E-state index contributed by atoms with van der Waals surface area (Å²) in [5.74, 6) is -1.01.